The molecule has 0 bridgehead atoms. The smallest absolute Gasteiger partial charge is 0.244 e. The molecule has 3 aromatic carbocycles. The van der Waals surface area contributed by atoms with Gasteiger partial charge in [0.2, 0.25) is 21.8 Å². The highest BCUT2D eigenvalue weighted by molar-refractivity contribution is 7.92. The van der Waals surface area contributed by atoms with E-state index < -0.39 is 28.5 Å². The number of ether oxygens (including phenoxy) is 1. The Balaban J connectivity index is 2.06. The summed E-state index contributed by atoms with van der Waals surface area (Å²) in [5, 5.41) is 3.44. The maximum absolute atomic E-state index is 14.1. The lowest BCUT2D eigenvalue weighted by Gasteiger charge is -2.34. The summed E-state index contributed by atoms with van der Waals surface area (Å²) in [6.45, 7) is 3.37. The first kappa shape index (κ1) is 31.0. The van der Waals surface area contributed by atoms with Crippen molar-refractivity contribution >= 4 is 39.1 Å². The van der Waals surface area contributed by atoms with E-state index in [1.54, 1.807) is 48.5 Å². The predicted octanol–water partition coefficient (Wildman–Crippen LogP) is 4.67. The number of halogens is 1. The fraction of sp³-hybridized carbons (Fsp3) is 0.333. The second-order valence-electron chi connectivity index (χ2n) is 9.60. The molecule has 0 saturated heterocycles. The van der Waals surface area contributed by atoms with Crippen LogP contribution in [-0.4, -0.2) is 57.1 Å². The first-order valence-electron chi connectivity index (χ1n) is 13.0. The van der Waals surface area contributed by atoms with Crippen molar-refractivity contribution in [3.05, 3.63) is 95.0 Å². The first-order chi connectivity index (χ1) is 19.0. The molecule has 0 unspecified atom stereocenters. The van der Waals surface area contributed by atoms with Crippen LogP contribution in [0.3, 0.4) is 0 Å². The second-order valence-corrected chi connectivity index (χ2v) is 11.9. The summed E-state index contributed by atoms with van der Waals surface area (Å²) in [5.41, 5.74) is 1.80. The van der Waals surface area contributed by atoms with Crippen LogP contribution < -0.4 is 14.4 Å². The van der Waals surface area contributed by atoms with Crippen molar-refractivity contribution in [2.75, 3.05) is 24.2 Å². The molecule has 3 aromatic rings. The minimum atomic E-state index is -3.86. The Bertz CT molecular complexity index is 1380. The lowest BCUT2D eigenvalue weighted by atomic mass is 10.0. The lowest BCUT2D eigenvalue weighted by Crippen LogP contribution is -2.54. The first-order valence-corrected chi connectivity index (χ1v) is 15.2. The van der Waals surface area contributed by atoms with E-state index in [1.807, 2.05) is 44.2 Å². The topological polar surface area (TPSA) is 96.0 Å². The molecular weight excluding hydrogens is 550 g/mol. The third kappa shape index (κ3) is 8.47. The van der Waals surface area contributed by atoms with E-state index in [1.165, 1.54) is 12.0 Å². The zero-order chi connectivity index (χ0) is 29.3. The Labute approximate surface area is 241 Å². The molecule has 0 aliphatic heterocycles. The van der Waals surface area contributed by atoms with Gasteiger partial charge in [-0.3, -0.25) is 13.9 Å². The van der Waals surface area contributed by atoms with Gasteiger partial charge in [0.25, 0.3) is 0 Å². The van der Waals surface area contributed by atoms with Crippen molar-refractivity contribution in [2.24, 2.45) is 0 Å². The van der Waals surface area contributed by atoms with Crippen molar-refractivity contribution in [3.63, 3.8) is 0 Å². The minimum Gasteiger partial charge on any atom is -0.497 e. The fourth-order valence-electron chi connectivity index (χ4n) is 4.17. The quantitative estimate of drug-likeness (QED) is 0.314. The van der Waals surface area contributed by atoms with E-state index in [9.17, 15) is 18.0 Å². The molecule has 40 heavy (non-hydrogen) atoms. The molecular formula is C30H36ClN3O5S. The van der Waals surface area contributed by atoms with E-state index in [2.05, 4.69) is 5.32 Å². The number of rotatable bonds is 13. The minimum absolute atomic E-state index is 0.0180. The average molecular weight is 586 g/mol. The van der Waals surface area contributed by atoms with Crippen LogP contribution in [-0.2, 0) is 32.6 Å². The van der Waals surface area contributed by atoms with Crippen molar-refractivity contribution in [1.29, 1.82) is 0 Å². The number of amides is 2. The molecule has 3 rings (SSSR count). The second kappa shape index (κ2) is 14.2. The highest BCUT2D eigenvalue weighted by Crippen LogP contribution is 2.24. The van der Waals surface area contributed by atoms with Crippen molar-refractivity contribution in [2.45, 2.75) is 45.3 Å². The molecule has 8 nitrogen and oxygen atoms in total. The number of carbonyl (C=O) groups is 2. The summed E-state index contributed by atoms with van der Waals surface area (Å²) in [6, 6.07) is 21.8. The maximum atomic E-state index is 14.1. The summed E-state index contributed by atoms with van der Waals surface area (Å²) in [4.78, 5) is 29.2. The summed E-state index contributed by atoms with van der Waals surface area (Å²) < 4.78 is 31.9. The van der Waals surface area contributed by atoms with E-state index >= 15 is 0 Å². The number of anilines is 1. The molecule has 0 radical (unpaired) electrons. The molecule has 0 aromatic heterocycles. The summed E-state index contributed by atoms with van der Waals surface area (Å²) >= 11 is 6.47. The van der Waals surface area contributed by atoms with Crippen molar-refractivity contribution in [3.8, 4) is 5.75 Å². The Kier molecular flexibility index (Phi) is 11.0. The van der Waals surface area contributed by atoms with Gasteiger partial charge in [0.1, 0.15) is 18.3 Å². The molecule has 0 saturated carbocycles. The highest BCUT2D eigenvalue weighted by Gasteiger charge is 2.33. The molecule has 0 fully saturated rings. The molecule has 2 atom stereocenters. The van der Waals surface area contributed by atoms with Gasteiger partial charge in [-0.05, 0) is 54.8 Å². The van der Waals surface area contributed by atoms with E-state index in [0.717, 1.165) is 16.1 Å². The van der Waals surface area contributed by atoms with Gasteiger partial charge in [-0.1, -0.05) is 67.1 Å². The fourth-order valence-corrected chi connectivity index (χ4v) is 5.21. The normalized spacial score (nSPS) is 12.7. The Morgan fingerprint density at radius 2 is 1.60 bits per heavy atom. The highest BCUT2D eigenvalue weighted by atomic mass is 35.5. The number of hydrogen-bond acceptors (Lipinski definition) is 5. The van der Waals surface area contributed by atoms with Crippen LogP contribution in [0.1, 0.15) is 31.4 Å². The molecule has 0 aliphatic carbocycles. The Morgan fingerprint density at radius 1 is 0.975 bits per heavy atom. The number of nitrogens with zero attached hydrogens (tertiary/aromatic N) is 2. The predicted molar refractivity (Wildman–Crippen MR) is 159 cm³/mol. The maximum Gasteiger partial charge on any atom is 0.244 e. The standard InChI is InChI=1S/C30H36ClN3O5S/c1-5-22(2)32-30(36)28(19-23-11-7-6-8-12-23)33(20-24-13-9-10-14-27(24)31)29(35)21-34(40(4,37)38)25-15-17-26(39-3)18-16-25/h6-18,22,28H,5,19-21H2,1-4H3,(H,32,36)/t22-,28-/m0/s1. The van der Waals surface area contributed by atoms with Gasteiger partial charge in [-0.25, -0.2) is 8.42 Å². The monoisotopic (exact) mass is 585 g/mol. The van der Waals surface area contributed by atoms with Crippen LogP contribution in [0.25, 0.3) is 0 Å². The van der Waals surface area contributed by atoms with Gasteiger partial charge in [0.05, 0.1) is 19.1 Å². The SMILES string of the molecule is CC[C@H](C)NC(=O)[C@H](Cc1ccccc1)N(Cc1ccccc1Cl)C(=O)CN(c1ccc(OC)cc1)S(C)(=O)=O. The number of carbonyl (C=O) groups excluding carboxylic acids is 2. The molecule has 2 amide bonds. The van der Waals surface area contributed by atoms with Crippen molar-refractivity contribution < 1.29 is 22.7 Å². The summed E-state index contributed by atoms with van der Waals surface area (Å²) in [5.74, 6) is -0.316. The zero-order valence-corrected chi connectivity index (χ0v) is 24.8. The number of benzene rings is 3. The van der Waals surface area contributed by atoms with Gasteiger partial charge in [0, 0.05) is 24.0 Å². The number of methoxy groups -OCH3 is 1. The van der Waals surface area contributed by atoms with Gasteiger partial charge in [0.15, 0.2) is 0 Å². The number of hydrogen-bond donors (Lipinski definition) is 1. The molecule has 0 aliphatic rings. The Morgan fingerprint density at radius 3 is 2.17 bits per heavy atom. The largest absolute Gasteiger partial charge is 0.497 e. The van der Waals surface area contributed by atoms with Crippen LogP contribution in [0.4, 0.5) is 5.69 Å². The molecule has 0 spiro atoms. The molecule has 10 heteroatoms. The Hall–Kier alpha value is -3.56. The van der Waals surface area contributed by atoms with Crippen LogP contribution in [0.2, 0.25) is 5.02 Å². The van der Waals surface area contributed by atoms with Crippen LogP contribution in [0.5, 0.6) is 5.75 Å². The average Bonchev–Trinajstić information content (AvgIpc) is 2.94. The number of sulfonamides is 1. The van der Waals surface area contributed by atoms with Crippen LogP contribution in [0.15, 0.2) is 78.9 Å². The van der Waals surface area contributed by atoms with Crippen molar-refractivity contribution in [1.82, 2.24) is 10.2 Å². The third-order valence-corrected chi connectivity index (χ3v) is 8.12. The molecule has 1 N–H and O–H groups in total. The van der Waals surface area contributed by atoms with E-state index in [-0.39, 0.29) is 24.9 Å². The van der Waals surface area contributed by atoms with Crippen LogP contribution >= 0.6 is 11.6 Å². The van der Waals surface area contributed by atoms with Gasteiger partial charge >= 0.3 is 0 Å². The van der Waals surface area contributed by atoms with Gasteiger partial charge < -0.3 is 15.0 Å². The lowest BCUT2D eigenvalue weighted by molar-refractivity contribution is -0.140. The zero-order valence-electron chi connectivity index (χ0n) is 23.2. The van der Waals surface area contributed by atoms with E-state index in [4.69, 9.17) is 16.3 Å². The molecule has 214 valence electrons. The van der Waals surface area contributed by atoms with Gasteiger partial charge in [-0.15, -0.1) is 0 Å². The summed E-state index contributed by atoms with van der Waals surface area (Å²) in [7, 11) is -2.35. The van der Waals surface area contributed by atoms with E-state index in [0.29, 0.717) is 28.4 Å². The van der Waals surface area contributed by atoms with Gasteiger partial charge in [-0.2, -0.15) is 0 Å². The van der Waals surface area contributed by atoms with Crippen LogP contribution in [0, 0.1) is 0 Å². The summed E-state index contributed by atoms with van der Waals surface area (Å²) in [6.07, 6.45) is 1.99. The third-order valence-electron chi connectivity index (χ3n) is 6.61. The number of nitrogens with one attached hydrogen (secondary N) is 1. The molecule has 0 heterocycles.